The molecule has 0 fully saturated rings. The van der Waals surface area contributed by atoms with E-state index in [0.29, 0.717) is 12.5 Å². The van der Waals surface area contributed by atoms with E-state index in [4.69, 9.17) is 16.6 Å². The van der Waals surface area contributed by atoms with Crippen molar-refractivity contribution in [2.75, 3.05) is 11.9 Å². The van der Waals surface area contributed by atoms with Gasteiger partial charge in [0, 0.05) is 17.5 Å². The van der Waals surface area contributed by atoms with Gasteiger partial charge in [0.15, 0.2) is 11.3 Å². The first-order valence-corrected chi connectivity index (χ1v) is 8.22. The Morgan fingerprint density at radius 1 is 1.26 bits per heavy atom. The Bertz CT molecular complexity index is 808. The van der Waals surface area contributed by atoms with Crippen molar-refractivity contribution in [1.29, 1.82) is 0 Å². The Balaban J connectivity index is 2.05. The molecule has 0 aliphatic carbocycles. The molecule has 2 N–H and O–H groups in total. The second-order valence-corrected chi connectivity index (χ2v) is 6.29. The minimum atomic E-state index is 0.334. The number of nitrogens with zero attached hydrogens (tertiary/aromatic N) is 3. The van der Waals surface area contributed by atoms with E-state index in [1.807, 2.05) is 30.6 Å². The van der Waals surface area contributed by atoms with E-state index in [0.717, 1.165) is 39.9 Å². The van der Waals surface area contributed by atoms with E-state index in [9.17, 15) is 0 Å². The van der Waals surface area contributed by atoms with Crippen LogP contribution in [0.1, 0.15) is 38.1 Å². The minimum absolute atomic E-state index is 0.334. The van der Waals surface area contributed by atoms with Crippen molar-refractivity contribution < 1.29 is 4.57 Å². The van der Waals surface area contributed by atoms with Gasteiger partial charge in [0.1, 0.15) is 0 Å². The molecule has 0 radical (unpaired) electrons. The fourth-order valence-corrected chi connectivity index (χ4v) is 2.60. The first-order chi connectivity index (χ1) is 11.1. The van der Waals surface area contributed by atoms with Crippen LogP contribution in [0.3, 0.4) is 0 Å². The predicted octanol–water partition coefficient (Wildman–Crippen LogP) is 3.50. The van der Waals surface area contributed by atoms with Gasteiger partial charge in [0.25, 0.3) is 5.65 Å². The van der Waals surface area contributed by atoms with Gasteiger partial charge in [0.05, 0.1) is 6.54 Å². The third kappa shape index (κ3) is 3.29. The van der Waals surface area contributed by atoms with Gasteiger partial charge in [-0.1, -0.05) is 47.5 Å². The van der Waals surface area contributed by atoms with E-state index in [1.54, 1.807) is 0 Å². The molecule has 0 atom stereocenters. The summed E-state index contributed by atoms with van der Waals surface area (Å²) < 4.78 is 2.06. The summed E-state index contributed by atoms with van der Waals surface area (Å²) in [4.78, 5) is 12.7. The van der Waals surface area contributed by atoms with E-state index in [1.165, 1.54) is 0 Å². The van der Waals surface area contributed by atoms with Crippen LogP contribution in [0, 0.1) is 0 Å². The monoisotopic (exact) mass is 330 g/mol. The molecule has 0 unspecified atom stereocenters. The molecule has 3 rings (SSSR count). The molecule has 0 spiro atoms. The summed E-state index contributed by atoms with van der Waals surface area (Å²) in [6.07, 6.45) is 1.83. The Hall–Kier alpha value is -2.14. The van der Waals surface area contributed by atoms with Crippen molar-refractivity contribution in [3.05, 3.63) is 47.0 Å². The second-order valence-electron chi connectivity index (χ2n) is 5.85. The van der Waals surface area contributed by atoms with Gasteiger partial charge in [-0.25, -0.2) is 4.57 Å². The summed E-state index contributed by atoms with van der Waals surface area (Å²) in [5.74, 6) is 2.15. The lowest BCUT2D eigenvalue weighted by molar-refractivity contribution is -0.667. The standard InChI is InChI=1S/C17H20ClN5/c1-4-19-16-14-17(22-15(21-14)11(2)3)23(10-20-16)9-12-5-7-13(18)8-6-12/h5-8,10-11H,4,9H2,1-3H3,(H,19,21,22)/p+1. The van der Waals surface area contributed by atoms with E-state index < -0.39 is 0 Å². The minimum Gasteiger partial charge on any atom is -0.355 e. The van der Waals surface area contributed by atoms with Crippen LogP contribution in [0.25, 0.3) is 11.2 Å². The normalized spacial score (nSPS) is 11.3. The number of anilines is 1. The second kappa shape index (κ2) is 6.54. The largest absolute Gasteiger partial charge is 0.355 e. The molecule has 2 heterocycles. The van der Waals surface area contributed by atoms with Gasteiger partial charge in [-0.2, -0.15) is 0 Å². The van der Waals surface area contributed by atoms with Crippen LogP contribution in [0.2, 0.25) is 5.02 Å². The van der Waals surface area contributed by atoms with Crippen LogP contribution < -0.4 is 9.88 Å². The molecule has 6 heteroatoms. The third-order valence-electron chi connectivity index (χ3n) is 3.70. The first kappa shape index (κ1) is 15.7. The SMILES string of the molecule is CCNc1nc[n+](Cc2ccc(Cl)cc2)c2nc(C(C)C)[nH]c12. The zero-order valence-electron chi connectivity index (χ0n) is 13.6. The average molecular weight is 331 g/mol. The zero-order valence-corrected chi connectivity index (χ0v) is 14.4. The van der Waals surface area contributed by atoms with Gasteiger partial charge in [0.2, 0.25) is 12.1 Å². The number of aromatic nitrogens is 4. The highest BCUT2D eigenvalue weighted by Crippen LogP contribution is 2.20. The number of nitrogens with one attached hydrogen (secondary N) is 2. The molecule has 120 valence electrons. The summed E-state index contributed by atoms with van der Waals surface area (Å²) in [7, 11) is 0. The number of halogens is 1. The predicted molar refractivity (Wildman–Crippen MR) is 92.9 cm³/mol. The van der Waals surface area contributed by atoms with Crippen molar-refractivity contribution in [3.63, 3.8) is 0 Å². The molecule has 0 amide bonds. The summed E-state index contributed by atoms with van der Waals surface area (Å²) in [5, 5.41) is 4.03. The van der Waals surface area contributed by atoms with Gasteiger partial charge >= 0.3 is 0 Å². The molecule has 0 saturated carbocycles. The Morgan fingerprint density at radius 2 is 2.00 bits per heavy atom. The molecule has 5 nitrogen and oxygen atoms in total. The van der Waals surface area contributed by atoms with Crippen molar-refractivity contribution in [2.45, 2.75) is 33.2 Å². The third-order valence-corrected chi connectivity index (χ3v) is 3.95. The Morgan fingerprint density at radius 3 is 2.65 bits per heavy atom. The fraction of sp³-hybridized carbons (Fsp3) is 0.353. The highest BCUT2D eigenvalue weighted by Gasteiger charge is 2.21. The summed E-state index contributed by atoms with van der Waals surface area (Å²) in [6, 6.07) is 7.85. The van der Waals surface area contributed by atoms with Crippen molar-refractivity contribution >= 4 is 28.6 Å². The molecular formula is C17H21ClN5+. The molecule has 2 aromatic heterocycles. The van der Waals surface area contributed by atoms with Gasteiger partial charge in [-0.05, 0) is 24.6 Å². The molecular weight excluding hydrogens is 310 g/mol. The Kier molecular flexibility index (Phi) is 4.48. The van der Waals surface area contributed by atoms with Crippen LogP contribution in [0.5, 0.6) is 0 Å². The molecule has 1 aromatic carbocycles. The fourth-order valence-electron chi connectivity index (χ4n) is 2.48. The first-order valence-electron chi connectivity index (χ1n) is 7.84. The van der Waals surface area contributed by atoms with Crippen molar-refractivity contribution in [3.8, 4) is 0 Å². The van der Waals surface area contributed by atoms with Crippen LogP contribution in [0.15, 0.2) is 30.6 Å². The smallest absolute Gasteiger partial charge is 0.294 e. The molecule has 0 saturated heterocycles. The van der Waals surface area contributed by atoms with Gasteiger partial charge in [-0.3, -0.25) is 0 Å². The summed E-state index contributed by atoms with van der Waals surface area (Å²) >= 11 is 5.96. The maximum absolute atomic E-state index is 5.96. The average Bonchev–Trinajstić information content (AvgIpc) is 2.98. The zero-order chi connectivity index (χ0) is 16.4. The highest BCUT2D eigenvalue weighted by atomic mass is 35.5. The maximum Gasteiger partial charge on any atom is 0.294 e. The number of hydrogen-bond donors (Lipinski definition) is 2. The number of rotatable bonds is 5. The van der Waals surface area contributed by atoms with Crippen LogP contribution in [-0.2, 0) is 6.54 Å². The topological polar surface area (TPSA) is 57.5 Å². The number of imidazole rings is 1. The van der Waals surface area contributed by atoms with Crippen LogP contribution in [-0.4, -0.2) is 21.5 Å². The lowest BCUT2D eigenvalue weighted by Crippen LogP contribution is -2.36. The maximum atomic E-state index is 5.96. The number of H-pyrrole nitrogens is 1. The van der Waals surface area contributed by atoms with Crippen LogP contribution >= 0.6 is 11.6 Å². The van der Waals surface area contributed by atoms with Gasteiger partial charge < -0.3 is 10.3 Å². The Labute approximate surface area is 140 Å². The molecule has 23 heavy (non-hydrogen) atoms. The number of benzene rings is 1. The van der Waals surface area contributed by atoms with Gasteiger partial charge in [-0.15, -0.1) is 0 Å². The van der Waals surface area contributed by atoms with E-state index in [-0.39, 0.29) is 0 Å². The number of aromatic amines is 1. The molecule has 0 bridgehead atoms. The lowest BCUT2D eigenvalue weighted by Gasteiger charge is -2.04. The molecule has 0 aliphatic rings. The lowest BCUT2D eigenvalue weighted by atomic mass is 10.2. The van der Waals surface area contributed by atoms with Crippen molar-refractivity contribution in [2.24, 2.45) is 0 Å². The van der Waals surface area contributed by atoms with Crippen molar-refractivity contribution in [1.82, 2.24) is 15.0 Å². The quantitative estimate of drug-likeness (QED) is 0.704. The number of hydrogen-bond acceptors (Lipinski definition) is 3. The van der Waals surface area contributed by atoms with E-state index in [2.05, 4.69) is 40.6 Å². The summed E-state index contributed by atoms with van der Waals surface area (Å²) in [5.41, 5.74) is 3.02. The van der Waals surface area contributed by atoms with E-state index >= 15 is 0 Å². The molecule has 3 aromatic rings. The number of fused-ring (bicyclic) bond motifs is 1. The molecule has 0 aliphatic heterocycles. The summed E-state index contributed by atoms with van der Waals surface area (Å²) in [6.45, 7) is 7.83. The van der Waals surface area contributed by atoms with Crippen LogP contribution in [0.4, 0.5) is 5.82 Å². The highest BCUT2D eigenvalue weighted by molar-refractivity contribution is 6.30.